The van der Waals surface area contributed by atoms with Crippen molar-refractivity contribution in [3.63, 3.8) is 0 Å². The van der Waals surface area contributed by atoms with Crippen LogP contribution in [-0.2, 0) is 19.5 Å². The molecule has 1 aliphatic rings. The van der Waals surface area contributed by atoms with E-state index in [-0.39, 0.29) is 5.41 Å². The molecule has 26 heavy (non-hydrogen) atoms. The van der Waals surface area contributed by atoms with Crippen LogP contribution in [0.3, 0.4) is 0 Å². The van der Waals surface area contributed by atoms with Gasteiger partial charge in [0.25, 0.3) is 0 Å². The standard InChI is InChI=1S/C23H32N2S/c1-16-11-19(14-25-9-7-20-8-10-26-21(20)15-25)12-17(2)22(16)24-18(3)13-23(4,5)6/h8,10-12,24H,3,7,9,13-15H2,1-2,4-6H3. The van der Waals surface area contributed by atoms with Crippen LogP contribution in [0.2, 0.25) is 0 Å². The van der Waals surface area contributed by atoms with Crippen molar-refractivity contribution in [1.29, 1.82) is 0 Å². The molecule has 1 aromatic heterocycles. The van der Waals surface area contributed by atoms with Crippen molar-refractivity contribution in [3.05, 3.63) is 63.0 Å². The fourth-order valence-corrected chi connectivity index (χ4v) is 4.86. The molecule has 1 aromatic carbocycles. The van der Waals surface area contributed by atoms with Gasteiger partial charge in [0.15, 0.2) is 0 Å². The quantitative estimate of drug-likeness (QED) is 0.667. The van der Waals surface area contributed by atoms with Gasteiger partial charge in [0, 0.05) is 35.9 Å². The lowest BCUT2D eigenvalue weighted by atomic mass is 9.90. The second-order valence-electron chi connectivity index (χ2n) is 8.90. The van der Waals surface area contributed by atoms with E-state index in [0.717, 1.165) is 31.8 Å². The van der Waals surface area contributed by atoms with E-state index in [0.29, 0.717) is 0 Å². The topological polar surface area (TPSA) is 15.3 Å². The second kappa shape index (κ2) is 7.58. The fraction of sp³-hybridized carbons (Fsp3) is 0.478. The van der Waals surface area contributed by atoms with Crippen LogP contribution in [0.4, 0.5) is 5.69 Å². The highest BCUT2D eigenvalue weighted by molar-refractivity contribution is 7.10. The summed E-state index contributed by atoms with van der Waals surface area (Å²) in [5.41, 5.74) is 8.15. The fourth-order valence-electron chi connectivity index (χ4n) is 3.89. The molecule has 0 amide bonds. The predicted molar refractivity (Wildman–Crippen MR) is 115 cm³/mol. The summed E-state index contributed by atoms with van der Waals surface area (Å²) in [5.74, 6) is 0. The monoisotopic (exact) mass is 368 g/mol. The lowest BCUT2D eigenvalue weighted by Gasteiger charge is -2.27. The minimum atomic E-state index is 0.251. The summed E-state index contributed by atoms with van der Waals surface area (Å²) in [6.45, 7) is 18.7. The Morgan fingerprint density at radius 3 is 2.58 bits per heavy atom. The first-order valence-corrected chi connectivity index (χ1v) is 10.4. The van der Waals surface area contributed by atoms with Crippen molar-refractivity contribution >= 4 is 17.0 Å². The van der Waals surface area contributed by atoms with Gasteiger partial charge in [-0.25, -0.2) is 0 Å². The number of rotatable bonds is 5. The zero-order chi connectivity index (χ0) is 18.9. The van der Waals surface area contributed by atoms with Crippen LogP contribution in [-0.4, -0.2) is 11.4 Å². The Kier molecular flexibility index (Phi) is 5.59. The molecule has 3 rings (SSSR count). The molecule has 0 saturated carbocycles. The van der Waals surface area contributed by atoms with Gasteiger partial charge >= 0.3 is 0 Å². The van der Waals surface area contributed by atoms with Gasteiger partial charge in [-0.3, -0.25) is 4.90 Å². The molecule has 0 spiro atoms. The molecule has 1 aliphatic heterocycles. The lowest BCUT2D eigenvalue weighted by molar-refractivity contribution is 0.249. The maximum Gasteiger partial charge on any atom is 0.0441 e. The zero-order valence-corrected chi connectivity index (χ0v) is 17.7. The van der Waals surface area contributed by atoms with Crippen molar-refractivity contribution in [2.75, 3.05) is 11.9 Å². The molecule has 2 nitrogen and oxygen atoms in total. The maximum absolute atomic E-state index is 4.23. The van der Waals surface area contributed by atoms with Crippen molar-refractivity contribution < 1.29 is 0 Å². The summed E-state index contributed by atoms with van der Waals surface area (Å²) >= 11 is 1.90. The first kappa shape index (κ1) is 19.2. The Labute approximate surface area is 162 Å². The normalized spacial score (nSPS) is 15.0. The van der Waals surface area contributed by atoms with Crippen LogP contribution < -0.4 is 5.32 Å². The van der Waals surface area contributed by atoms with Crippen LogP contribution in [0.1, 0.15) is 54.3 Å². The van der Waals surface area contributed by atoms with Gasteiger partial charge in [-0.05, 0) is 65.8 Å². The molecule has 1 N–H and O–H groups in total. The van der Waals surface area contributed by atoms with Crippen LogP contribution in [0, 0.1) is 19.3 Å². The number of hydrogen-bond acceptors (Lipinski definition) is 3. The van der Waals surface area contributed by atoms with E-state index >= 15 is 0 Å². The highest BCUT2D eigenvalue weighted by Crippen LogP contribution is 2.30. The first-order chi connectivity index (χ1) is 12.2. The van der Waals surface area contributed by atoms with Crippen LogP contribution in [0.5, 0.6) is 0 Å². The van der Waals surface area contributed by atoms with Crippen LogP contribution in [0.25, 0.3) is 0 Å². The van der Waals surface area contributed by atoms with Crippen molar-refractivity contribution in [1.82, 2.24) is 4.90 Å². The minimum absolute atomic E-state index is 0.251. The molecule has 0 saturated heterocycles. The third kappa shape index (κ3) is 4.77. The maximum atomic E-state index is 4.23. The number of benzene rings is 1. The van der Waals surface area contributed by atoms with E-state index in [4.69, 9.17) is 0 Å². The highest BCUT2D eigenvalue weighted by atomic mass is 32.1. The molecule has 0 bridgehead atoms. The Balaban J connectivity index is 1.68. The Morgan fingerprint density at radius 2 is 1.92 bits per heavy atom. The Morgan fingerprint density at radius 1 is 1.23 bits per heavy atom. The smallest absolute Gasteiger partial charge is 0.0441 e. The molecule has 3 heteroatoms. The molecule has 0 atom stereocenters. The number of anilines is 1. The molecular formula is C23H32N2S. The van der Waals surface area contributed by atoms with Gasteiger partial charge in [0.1, 0.15) is 0 Å². The predicted octanol–water partition coefficient (Wildman–Crippen LogP) is 6.29. The molecule has 0 aliphatic carbocycles. The van der Waals surface area contributed by atoms with Crippen LogP contribution >= 0.6 is 11.3 Å². The minimum Gasteiger partial charge on any atom is -0.359 e. The average Bonchev–Trinajstić information content (AvgIpc) is 2.97. The Hall–Kier alpha value is -1.58. The van der Waals surface area contributed by atoms with Crippen LogP contribution in [0.15, 0.2) is 35.9 Å². The van der Waals surface area contributed by atoms with E-state index in [2.05, 4.69) is 75.0 Å². The lowest BCUT2D eigenvalue weighted by Crippen LogP contribution is -2.29. The summed E-state index contributed by atoms with van der Waals surface area (Å²) in [7, 11) is 0. The molecule has 0 radical (unpaired) electrons. The summed E-state index contributed by atoms with van der Waals surface area (Å²) < 4.78 is 0. The van der Waals surface area contributed by atoms with E-state index in [1.807, 2.05) is 11.3 Å². The van der Waals surface area contributed by atoms with E-state index in [9.17, 15) is 0 Å². The van der Waals surface area contributed by atoms with Gasteiger partial charge in [0.2, 0.25) is 0 Å². The summed E-state index contributed by atoms with van der Waals surface area (Å²) in [6, 6.07) is 6.96. The SMILES string of the molecule is C=C(CC(C)(C)C)Nc1c(C)cc(CN2CCc3ccsc3C2)cc1C. The number of allylic oxidation sites excluding steroid dienone is 1. The number of aryl methyl sites for hydroxylation is 2. The number of hydrogen-bond donors (Lipinski definition) is 1. The van der Waals surface area contributed by atoms with Crippen molar-refractivity contribution in [2.45, 2.75) is 60.5 Å². The van der Waals surface area contributed by atoms with Gasteiger partial charge < -0.3 is 5.32 Å². The molecule has 0 fully saturated rings. The molecule has 2 aromatic rings. The van der Waals surface area contributed by atoms with E-state index < -0.39 is 0 Å². The average molecular weight is 369 g/mol. The van der Waals surface area contributed by atoms with Gasteiger partial charge in [-0.1, -0.05) is 39.5 Å². The highest BCUT2D eigenvalue weighted by Gasteiger charge is 2.18. The van der Waals surface area contributed by atoms with Crippen molar-refractivity contribution in [3.8, 4) is 0 Å². The first-order valence-electron chi connectivity index (χ1n) is 9.54. The molecule has 0 unspecified atom stereocenters. The number of fused-ring (bicyclic) bond motifs is 1. The van der Waals surface area contributed by atoms with Gasteiger partial charge in [-0.15, -0.1) is 11.3 Å². The number of nitrogens with zero attached hydrogens (tertiary/aromatic N) is 1. The second-order valence-corrected chi connectivity index (χ2v) is 9.90. The third-order valence-electron chi connectivity index (χ3n) is 4.95. The largest absolute Gasteiger partial charge is 0.359 e. The summed E-state index contributed by atoms with van der Waals surface area (Å²) in [4.78, 5) is 4.11. The van der Waals surface area contributed by atoms with Gasteiger partial charge in [-0.2, -0.15) is 0 Å². The number of thiophene rings is 1. The van der Waals surface area contributed by atoms with E-state index in [1.165, 1.54) is 28.8 Å². The summed E-state index contributed by atoms with van der Waals surface area (Å²) in [5, 5.41) is 5.80. The zero-order valence-electron chi connectivity index (χ0n) is 16.9. The third-order valence-corrected chi connectivity index (χ3v) is 5.89. The molecule has 140 valence electrons. The van der Waals surface area contributed by atoms with E-state index in [1.54, 1.807) is 10.4 Å². The Bertz CT molecular complexity index is 772. The van der Waals surface area contributed by atoms with Crippen molar-refractivity contribution in [2.24, 2.45) is 5.41 Å². The summed E-state index contributed by atoms with van der Waals surface area (Å²) in [6.07, 6.45) is 2.16. The van der Waals surface area contributed by atoms with Gasteiger partial charge in [0.05, 0.1) is 0 Å². The number of nitrogens with one attached hydrogen (secondary N) is 1. The molecule has 2 heterocycles. The molecular weight excluding hydrogens is 336 g/mol.